The van der Waals surface area contributed by atoms with Crippen LogP contribution in [-0.4, -0.2) is 24.0 Å². The molecule has 2 aromatic rings. The molecule has 1 saturated heterocycles. The van der Waals surface area contributed by atoms with Crippen molar-refractivity contribution < 1.29 is 4.79 Å². The van der Waals surface area contributed by atoms with Crippen LogP contribution in [0.25, 0.3) is 0 Å². The number of benzene rings is 1. The number of aromatic nitrogens is 1. The van der Waals surface area contributed by atoms with Gasteiger partial charge in [-0.1, -0.05) is 30.1 Å². The normalized spacial score (nSPS) is 15.4. The summed E-state index contributed by atoms with van der Waals surface area (Å²) in [5.74, 6) is 0.501. The van der Waals surface area contributed by atoms with E-state index in [1.807, 2.05) is 24.3 Å². The molecule has 1 aliphatic heterocycles. The Morgan fingerprint density at radius 2 is 1.79 bits per heavy atom. The Hall–Kier alpha value is -1.78. The standard InChI is InChI=1S/C18H19Cl2N3O/c1-12-8-10-23(11-9-12)14-4-2-13(3-5-14)21-18(24)15-6-7-16(19)22-17(15)20/h2-7,12H,8-11H2,1H3,(H,21,24). The molecule has 0 atom stereocenters. The third kappa shape index (κ3) is 4.00. The van der Waals surface area contributed by atoms with Crippen LogP contribution in [0.15, 0.2) is 36.4 Å². The van der Waals surface area contributed by atoms with Crippen molar-refractivity contribution in [3.63, 3.8) is 0 Å². The molecule has 1 N–H and O–H groups in total. The van der Waals surface area contributed by atoms with Gasteiger partial charge in [0.25, 0.3) is 5.91 Å². The van der Waals surface area contributed by atoms with Gasteiger partial charge >= 0.3 is 0 Å². The highest BCUT2D eigenvalue weighted by atomic mass is 35.5. The van der Waals surface area contributed by atoms with Crippen molar-refractivity contribution in [2.75, 3.05) is 23.3 Å². The molecule has 24 heavy (non-hydrogen) atoms. The minimum atomic E-state index is -0.302. The summed E-state index contributed by atoms with van der Waals surface area (Å²) in [5.41, 5.74) is 2.21. The molecule has 0 aliphatic carbocycles. The first kappa shape index (κ1) is 17.1. The van der Waals surface area contributed by atoms with Crippen molar-refractivity contribution in [3.8, 4) is 0 Å². The third-order valence-corrected chi connectivity index (χ3v) is 4.83. The lowest BCUT2D eigenvalue weighted by molar-refractivity contribution is 0.102. The van der Waals surface area contributed by atoms with Crippen LogP contribution in [0, 0.1) is 5.92 Å². The largest absolute Gasteiger partial charge is 0.372 e. The van der Waals surface area contributed by atoms with E-state index in [-0.39, 0.29) is 16.2 Å². The Morgan fingerprint density at radius 3 is 2.42 bits per heavy atom. The number of carbonyl (C=O) groups excluding carboxylic acids is 1. The van der Waals surface area contributed by atoms with Crippen molar-refractivity contribution in [3.05, 3.63) is 52.3 Å². The summed E-state index contributed by atoms with van der Waals surface area (Å²) < 4.78 is 0. The van der Waals surface area contributed by atoms with Crippen molar-refractivity contribution in [1.82, 2.24) is 4.98 Å². The van der Waals surface area contributed by atoms with Gasteiger partial charge in [-0.3, -0.25) is 4.79 Å². The first-order valence-electron chi connectivity index (χ1n) is 8.01. The third-order valence-electron chi connectivity index (χ3n) is 4.33. The molecule has 6 heteroatoms. The number of anilines is 2. The van der Waals surface area contributed by atoms with Crippen molar-refractivity contribution >= 4 is 40.5 Å². The van der Waals surface area contributed by atoms with Crippen LogP contribution in [0.2, 0.25) is 10.3 Å². The average Bonchev–Trinajstić information content (AvgIpc) is 2.56. The number of rotatable bonds is 3. The highest BCUT2D eigenvalue weighted by Crippen LogP contribution is 2.25. The lowest BCUT2D eigenvalue weighted by Gasteiger charge is -2.32. The molecule has 4 nitrogen and oxygen atoms in total. The van der Waals surface area contributed by atoms with Gasteiger partial charge in [0.1, 0.15) is 10.3 Å². The Morgan fingerprint density at radius 1 is 1.12 bits per heavy atom. The number of pyridine rings is 1. The quantitative estimate of drug-likeness (QED) is 0.790. The van der Waals surface area contributed by atoms with E-state index in [4.69, 9.17) is 23.2 Å². The predicted octanol–water partition coefficient (Wildman–Crippen LogP) is 4.88. The molecule has 0 spiro atoms. The summed E-state index contributed by atoms with van der Waals surface area (Å²) >= 11 is 11.7. The van der Waals surface area contributed by atoms with Crippen molar-refractivity contribution in [2.45, 2.75) is 19.8 Å². The SMILES string of the molecule is CC1CCN(c2ccc(NC(=O)c3ccc(Cl)nc3Cl)cc2)CC1. The minimum absolute atomic E-state index is 0.0963. The highest BCUT2D eigenvalue weighted by molar-refractivity contribution is 6.35. The number of carbonyl (C=O) groups is 1. The predicted molar refractivity (Wildman–Crippen MR) is 99.3 cm³/mol. The van der Waals surface area contributed by atoms with Crippen LogP contribution in [0.4, 0.5) is 11.4 Å². The molecule has 0 saturated carbocycles. The maximum absolute atomic E-state index is 12.3. The van der Waals surface area contributed by atoms with Gasteiger partial charge in [-0.05, 0) is 55.2 Å². The molecule has 1 aliphatic rings. The second-order valence-corrected chi connectivity index (χ2v) is 6.89. The number of piperidine rings is 1. The van der Waals surface area contributed by atoms with E-state index in [0.717, 1.165) is 24.7 Å². The fourth-order valence-electron chi connectivity index (χ4n) is 2.80. The molecule has 1 amide bonds. The minimum Gasteiger partial charge on any atom is -0.372 e. The Bertz CT molecular complexity index is 726. The van der Waals surface area contributed by atoms with E-state index in [1.165, 1.54) is 18.5 Å². The maximum atomic E-state index is 12.3. The maximum Gasteiger partial charge on any atom is 0.258 e. The summed E-state index contributed by atoms with van der Waals surface area (Å²) in [5, 5.41) is 3.19. The Kier molecular flexibility index (Phi) is 5.27. The second-order valence-electron chi connectivity index (χ2n) is 6.14. The molecular weight excluding hydrogens is 345 g/mol. The molecule has 1 aromatic heterocycles. The molecule has 0 bridgehead atoms. The van der Waals surface area contributed by atoms with Crippen LogP contribution >= 0.6 is 23.2 Å². The average molecular weight is 364 g/mol. The fourth-order valence-corrected chi connectivity index (χ4v) is 3.23. The summed E-state index contributed by atoms with van der Waals surface area (Å²) in [4.78, 5) is 18.5. The smallest absolute Gasteiger partial charge is 0.258 e. The van der Waals surface area contributed by atoms with Gasteiger partial charge in [0, 0.05) is 24.5 Å². The lowest BCUT2D eigenvalue weighted by atomic mass is 9.99. The molecule has 0 unspecified atom stereocenters. The van der Waals surface area contributed by atoms with E-state index in [2.05, 4.69) is 22.1 Å². The number of hydrogen-bond donors (Lipinski definition) is 1. The van der Waals surface area contributed by atoms with Gasteiger partial charge in [0.05, 0.1) is 5.56 Å². The fraction of sp³-hybridized carbons (Fsp3) is 0.333. The van der Waals surface area contributed by atoms with Crippen molar-refractivity contribution in [2.24, 2.45) is 5.92 Å². The van der Waals surface area contributed by atoms with Gasteiger partial charge < -0.3 is 10.2 Å². The van der Waals surface area contributed by atoms with Crippen LogP contribution in [0.3, 0.4) is 0 Å². The van der Waals surface area contributed by atoms with E-state index in [1.54, 1.807) is 12.1 Å². The number of hydrogen-bond acceptors (Lipinski definition) is 3. The zero-order chi connectivity index (χ0) is 17.1. The number of halogens is 2. The molecule has 3 rings (SSSR count). The number of amides is 1. The van der Waals surface area contributed by atoms with Crippen molar-refractivity contribution in [1.29, 1.82) is 0 Å². The van der Waals surface area contributed by atoms with E-state index >= 15 is 0 Å². The molecule has 1 aromatic carbocycles. The first-order valence-corrected chi connectivity index (χ1v) is 8.77. The molecule has 0 radical (unpaired) electrons. The number of nitrogens with zero attached hydrogens (tertiary/aromatic N) is 2. The topological polar surface area (TPSA) is 45.2 Å². The van der Waals surface area contributed by atoms with Gasteiger partial charge in [-0.15, -0.1) is 0 Å². The lowest BCUT2D eigenvalue weighted by Crippen LogP contribution is -2.32. The van der Waals surface area contributed by atoms with Crippen LogP contribution in [0.5, 0.6) is 0 Å². The van der Waals surface area contributed by atoms with Crippen LogP contribution < -0.4 is 10.2 Å². The summed E-state index contributed by atoms with van der Waals surface area (Å²) in [7, 11) is 0. The monoisotopic (exact) mass is 363 g/mol. The zero-order valence-corrected chi connectivity index (χ0v) is 14.9. The van der Waals surface area contributed by atoms with Gasteiger partial charge in [-0.25, -0.2) is 4.98 Å². The van der Waals surface area contributed by atoms with E-state index < -0.39 is 0 Å². The summed E-state index contributed by atoms with van der Waals surface area (Å²) in [6.07, 6.45) is 2.45. The van der Waals surface area contributed by atoms with Gasteiger partial charge in [-0.2, -0.15) is 0 Å². The molecule has 1 fully saturated rings. The number of nitrogens with one attached hydrogen (secondary N) is 1. The van der Waals surface area contributed by atoms with E-state index in [9.17, 15) is 4.79 Å². The summed E-state index contributed by atoms with van der Waals surface area (Å²) in [6.45, 7) is 4.46. The summed E-state index contributed by atoms with van der Waals surface area (Å²) in [6, 6.07) is 11.0. The Labute approximate surface area is 151 Å². The second kappa shape index (κ2) is 7.41. The molecule has 126 valence electrons. The van der Waals surface area contributed by atoms with E-state index in [0.29, 0.717) is 5.56 Å². The van der Waals surface area contributed by atoms with Crippen LogP contribution in [-0.2, 0) is 0 Å². The van der Waals surface area contributed by atoms with Gasteiger partial charge in [0.15, 0.2) is 0 Å². The molecule has 2 heterocycles. The van der Waals surface area contributed by atoms with Gasteiger partial charge in [0.2, 0.25) is 0 Å². The molecular formula is C18H19Cl2N3O. The van der Waals surface area contributed by atoms with Crippen LogP contribution in [0.1, 0.15) is 30.1 Å². The zero-order valence-electron chi connectivity index (χ0n) is 13.4. The first-order chi connectivity index (χ1) is 11.5. The Balaban J connectivity index is 1.66. The highest BCUT2D eigenvalue weighted by Gasteiger charge is 2.16.